The second-order valence-electron chi connectivity index (χ2n) is 3.31. The number of carboxylic acids is 1. The zero-order valence-corrected chi connectivity index (χ0v) is 11.8. The summed E-state index contributed by atoms with van der Waals surface area (Å²) in [7, 11) is -3.83. The first kappa shape index (κ1) is 14.7. The van der Waals surface area contributed by atoms with E-state index in [1.807, 2.05) is 0 Å². The van der Waals surface area contributed by atoms with Gasteiger partial charge in [0.1, 0.15) is 9.23 Å². The van der Waals surface area contributed by atoms with Crippen molar-refractivity contribution in [3.8, 4) is 0 Å². The van der Waals surface area contributed by atoms with Crippen LogP contribution in [0.1, 0.15) is 13.3 Å². The van der Waals surface area contributed by atoms with Crippen LogP contribution in [-0.4, -0.2) is 25.5 Å². The lowest BCUT2D eigenvalue weighted by atomic mass is 10.3. The van der Waals surface area contributed by atoms with Crippen molar-refractivity contribution in [2.75, 3.05) is 0 Å². The van der Waals surface area contributed by atoms with Crippen molar-refractivity contribution in [3.63, 3.8) is 0 Å². The van der Waals surface area contributed by atoms with Crippen LogP contribution < -0.4 is 4.72 Å². The molecule has 1 rings (SSSR count). The molecule has 0 saturated heterocycles. The Morgan fingerprint density at radius 3 is 2.59 bits per heavy atom. The maximum absolute atomic E-state index is 11.8. The topological polar surface area (TPSA) is 83.5 Å². The van der Waals surface area contributed by atoms with Gasteiger partial charge in [0.05, 0.1) is 10.8 Å². The quantitative estimate of drug-likeness (QED) is 0.872. The highest BCUT2D eigenvalue weighted by molar-refractivity contribution is 7.89. The maximum atomic E-state index is 11.8. The van der Waals surface area contributed by atoms with Crippen molar-refractivity contribution in [2.45, 2.75) is 24.3 Å². The molecule has 0 saturated carbocycles. The molecule has 0 aliphatic rings. The zero-order valence-electron chi connectivity index (χ0n) is 8.61. The highest BCUT2D eigenvalue weighted by Crippen LogP contribution is 2.34. The number of halogens is 2. The van der Waals surface area contributed by atoms with E-state index in [1.54, 1.807) is 0 Å². The number of hydrogen-bond donors (Lipinski definition) is 2. The van der Waals surface area contributed by atoms with Crippen molar-refractivity contribution >= 4 is 50.5 Å². The van der Waals surface area contributed by atoms with Crippen LogP contribution in [0.15, 0.2) is 11.0 Å². The summed E-state index contributed by atoms with van der Waals surface area (Å²) in [6.07, 6.45) is -0.311. The molecule has 1 heterocycles. The van der Waals surface area contributed by atoms with Crippen LogP contribution in [0.5, 0.6) is 0 Å². The van der Waals surface area contributed by atoms with E-state index in [2.05, 4.69) is 4.72 Å². The fraction of sp³-hybridized carbons (Fsp3) is 0.375. The minimum atomic E-state index is -3.83. The van der Waals surface area contributed by atoms with E-state index in [4.69, 9.17) is 28.3 Å². The molecule has 96 valence electrons. The lowest BCUT2D eigenvalue weighted by Gasteiger charge is -2.11. The van der Waals surface area contributed by atoms with Crippen LogP contribution in [0.2, 0.25) is 8.67 Å². The zero-order chi connectivity index (χ0) is 13.2. The molecule has 0 radical (unpaired) electrons. The third-order valence-electron chi connectivity index (χ3n) is 1.75. The molecule has 0 aliphatic carbocycles. The Balaban J connectivity index is 2.89. The van der Waals surface area contributed by atoms with Crippen molar-refractivity contribution < 1.29 is 18.3 Å². The van der Waals surface area contributed by atoms with Crippen LogP contribution in [0.3, 0.4) is 0 Å². The van der Waals surface area contributed by atoms with Crippen molar-refractivity contribution in [3.05, 3.63) is 14.7 Å². The number of aliphatic carboxylic acids is 1. The van der Waals surface area contributed by atoms with E-state index in [1.165, 1.54) is 13.0 Å². The van der Waals surface area contributed by atoms with Gasteiger partial charge in [-0.05, 0) is 13.0 Å². The van der Waals surface area contributed by atoms with Gasteiger partial charge in [0.15, 0.2) is 0 Å². The average Bonchev–Trinajstić information content (AvgIpc) is 2.42. The molecule has 1 aromatic rings. The van der Waals surface area contributed by atoms with E-state index in [9.17, 15) is 13.2 Å². The van der Waals surface area contributed by atoms with Crippen molar-refractivity contribution in [2.24, 2.45) is 0 Å². The number of thiophene rings is 1. The monoisotopic (exact) mass is 317 g/mol. The number of carboxylic acid groups (broad SMARTS) is 1. The van der Waals surface area contributed by atoms with Gasteiger partial charge in [-0.3, -0.25) is 4.79 Å². The minimum Gasteiger partial charge on any atom is -0.481 e. The molecule has 0 aromatic carbocycles. The summed E-state index contributed by atoms with van der Waals surface area (Å²) in [5.41, 5.74) is 0. The fourth-order valence-electron chi connectivity index (χ4n) is 1.14. The van der Waals surface area contributed by atoms with E-state index in [0.29, 0.717) is 0 Å². The molecule has 9 heteroatoms. The van der Waals surface area contributed by atoms with E-state index in [-0.39, 0.29) is 20.0 Å². The summed E-state index contributed by atoms with van der Waals surface area (Å²) in [6, 6.07) is 0.497. The third kappa shape index (κ3) is 4.11. The first-order valence-electron chi connectivity index (χ1n) is 4.41. The Morgan fingerprint density at radius 2 is 2.18 bits per heavy atom. The fourth-order valence-corrected chi connectivity index (χ4v) is 4.53. The van der Waals surface area contributed by atoms with Crippen LogP contribution in [0, 0.1) is 0 Å². The van der Waals surface area contributed by atoms with Gasteiger partial charge in [-0.15, -0.1) is 11.3 Å². The Bertz CT molecular complexity index is 526. The second-order valence-corrected chi connectivity index (χ2v) is 7.28. The number of carbonyl (C=O) groups is 1. The molecule has 2 N–H and O–H groups in total. The highest BCUT2D eigenvalue weighted by Gasteiger charge is 2.23. The first-order chi connectivity index (χ1) is 7.72. The summed E-state index contributed by atoms with van der Waals surface area (Å²) in [5, 5.41) is 8.53. The smallest absolute Gasteiger partial charge is 0.304 e. The molecule has 0 amide bonds. The Morgan fingerprint density at radius 1 is 1.59 bits per heavy atom. The Hall–Kier alpha value is -0.340. The summed E-state index contributed by atoms with van der Waals surface area (Å²) in [6.45, 7) is 1.45. The third-order valence-corrected chi connectivity index (χ3v) is 5.09. The molecule has 17 heavy (non-hydrogen) atoms. The molecule has 1 aromatic heterocycles. The van der Waals surface area contributed by atoms with Crippen LogP contribution in [0.4, 0.5) is 0 Å². The molecular formula is C8H9Cl2NO4S2. The molecule has 5 nitrogen and oxygen atoms in total. The molecule has 0 unspecified atom stereocenters. The normalized spacial score (nSPS) is 13.6. The average molecular weight is 318 g/mol. The van der Waals surface area contributed by atoms with Crippen LogP contribution >= 0.6 is 34.5 Å². The number of hydrogen-bond acceptors (Lipinski definition) is 4. The maximum Gasteiger partial charge on any atom is 0.304 e. The molecule has 0 spiro atoms. The molecular weight excluding hydrogens is 309 g/mol. The summed E-state index contributed by atoms with van der Waals surface area (Å²) < 4.78 is 26.1. The summed E-state index contributed by atoms with van der Waals surface area (Å²) >= 11 is 12.3. The Kier molecular flexibility index (Phi) is 4.79. The SMILES string of the molecule is C[C@H](CC(=O)O)NS(=O)(=O)c1cc(Cl)sc1Cl. The standard InChI is InChI=1S/C8H9Cl2NO4S2/c1-4(2-7(12)13)11-17(14,15)5-3-6(9)16-8(5)10/h3-4,11H,2H2,1H3,(H,12,13)/t4-/m1/s1. The van der Waals surface area contributed by atoms with Gasteiger partial charge in [0.25, 0.3) is 0 Å². The van der Waals surface area contributed by atoms with Gasteiger partial charge in [-0.2, -0.15) is 0 Å². The first-order valence-corrected chi connectivity index (χ1v) is 7.47. The predicted octanol–water partition coefficient (Wildman–Crippen LogP) is 2.20. The summed E-state index contributed by atoms with van der Waals surface area (Å²) in [5.74, 6) is -1.09. The molecule has 0 bridgehead atoms. The van der Waals surface area contributed by atoms with Crippen molar-refractivity contribution in [1.82, 2.24) is 4.72 Å². The largest absolute Gasteiger partial charge is 0.481 e. The molecule has 1 atom stereocenters. The summed E-state index contributed by atoms with van der Waals surface area (Å²) in [4.78, 5) is 10.3. The van der Waals surface area contributed by atoms with Crippen LogP contribution in [0.25, 0.3) is 0 Å². The van der Waals surface area contributed by atoms with Crippen molar-refractivity contribution in [1.29, 1.82) is 0 Å². The lowest BCUT2D eigenvalue weighted by Crippen LogP contribution is -2.34. The van der Waals surface area contributed by atoms with Crippen LogP contribution in [-0.2, 0) is 14.8 Å². The number of nitrogens with one attached hydrogen (secondary N) is 1. The van der Waals surface area contributed by atoms with Gasteiger partial charge >= 0.3 is 5.97 Å². The van der Waals surface area contributed by atoms with E-state index < -0.39 is 22.0 Å². The van der Waals surface area contributed by atoms with Gasteiger partial charge < -0.3 is 5.11 Å². The molecule has 0 fully saturated rings. The Labute approximate surface area is 112 Å². The minimum absolute atomic E-state index is 0.0463. The number of sulfonamides is 1. The van der Waals surface area contributed by atoms with Gasteiger partial charge in [-0.1, -0.05) is 23.2 Å². The predicted molar refractivity (Wildman–Crippen MR) is 66.4 cm³/mol. The number of rotatable bonds is 5. The van der Waals surface area contributed by atoms with E-state index in [0.717, 1.165) is 11.3 Å². The molecule has 0 aliphatic heterocycles. The lowest BCUT2D eigenvalue weighted by molar-refractivity contribution is -0.137. The van der Waals surface area contributed by atoms with E-state index >= 15 is 0 Å². The second kappa shape index (κ2) is 5.53. The van der Waals surface area contributed by atoms with Gasteiger partial charge in [0, 0.05) is 6.04 Å². The highest BCUT2D eigenvalue weighted by atomic mass is 35.5. The van der Waals surface area contributed by atoms with Gasteiger partial charge in [0.2, 0.25) is 10.0 Å². The van der Waals surface area contributed by atoms with Gasteiger partial charge in [-0.25, -0.2) is 13.1 Å².